The van der Waals surface area contributed by atoms with Gasteiger partial charge in [-0.1, -0.05) is 22.9 Å². The number of aldehydes is 1. The first kappa shape index (κ1) is 17.7. The number of ether oxygens (including phenoxy) is 1. The van der Waals surface area contributed by atoms with Crippen LogP contribution < -0.4 is 4.90 Å². The molecule has 0 atom stereocenters. The van der Waals surface area contributed by atoms with Crippen LogP contribution in [0.25, 0.3) is 0 Å². The molecule has 5 heteroatoms. The fraction of sp³-hybridized carbons (Fsp3) is 0.500. The second-order valence-corrected chi connectivity index (χ2v) is 5.63. The zero-order valence-electron chi connectivity index (χ0n) is 12.6. The highest BCUT2D eigenvalue weighted by atomic mass is 79.9. The van der Waals surface area contributed by atoms with Crippen molar-refractivity contribution in [3.8, 4) is 0 Å². The number of hydrogen-bond donors (Lipinski definition) is 0. The molecule has 0 saturated heterocycles. The van der Waals surface area contributed by atoms with E-state index >= 15 is 0 Å². The van der Waals surface area contributed by atoms with Gasteiger partial charge < -0.3 is 9.64 Å². The molecule has 116 valence electrons. The van der Waals surface area contributed by atoms with Crippen LogP contribution in [0.3, 0.4) is 0 Å². The van der Waals surface area contributed by atoms with Crippen molar-refractivity contribution in [3.63, 3.8) is 0 Å². The standard InChI is InChI=1S/C16H22BrNO3/c1-3-9-18(10-5-6-16(20)21-4-2)15-8-7-14(17)11-13(15)12-19/h7-8,11-12H,3-6,9-10H2,1-2H3. The first-order valence-electron chi connectivity index (χ1n) is 7.27. The zero-order chi connectivity index (χ0) is 15.7. The molecule has 0 N–H and O–H groups in total. The van der Waals surface area contributed by atoms with Crippen LogP contribution in [0.5, 0.6) is 0 Å². The van der Waals surface area contributed by atoms with Crippen molar-refractivity contribution in [2.45, 2.75) is 33.1 Å². The molecule has 4 nitrogen and oxygen atoms in total. The van der Waals surface area contributed by atoms with Crippen molar-refractivity contribution < 1.29 is 14.3 Å². The number of halogens is 1. The molecule has 0 radical (unpaired) electrons. The highest BCUT2D eigenvalue weighted by molar-refractivity contribution is 9.10. The van der Waals surface area contributed by atoms with E-state index in [0.717, 1.165) is 36.0 Å². The van der Waals surface area contributed by atoms with Crippen molar-refractivity contribution in [1.29, 1.82) is 0 Å². The number of nitrogens with zero attached hydrogens (tertiary/aromatic N) is 1. The van der Waals surface area contributed by atoms with Gasteiger partial charge in [0.2, 0.25) is 0 Å². The number of esters is 1. The number of anilines is 1. The average Bonchev–Trinajstić information content (AvgIpc) is 2.46. The smallest absolute Gasteiger partial charge is 0.305 e. The van der Waals surface area contributed by atoms with Crippen LogP contribution in [-0.4, -0.2) is 32.0 Å². The van der Waals surface area contributed by atoms with Gasteiger partial charge in [0.15, 0.2) is 6.29 Å². The fourth-order valence-electron chi connectivity index (χ4n) is 2.18. The van der Waals surface area contributed by atoms with E-state index in [0.29, 0.717) is 25.0 Å². The predicted octanol–water partition coefficient (Wildman–Crippen LogP) is 3.82. The molecule has 0 heterocycles. The Morgan fingerprint density at radius 2 is 2.10 bits per heavy atom. The van der Waals surface area contributed by atoms with Crippen molar-refractivity contribution >= 4 is 33.9 Å². The van der Waals surface area contributed by atoms with Crippen molar-refractivity contribution in [2.24, 2.45) is 0 Å². The lowest BCUT2D eigenvalue weighted by molar-refractivity contribution is -0.143. The summed E-state index contributed by atoms with van der Waals surface area (Å²) in [5, 5.41) is 0. The maximum absolute atomic E-state index is 11.4. The quantitative estimate of drug-likeness (QED) is 0.499. The summed E-state index contributed by atoms with van der Waals surface area (Å²) >= 11 is 3.38. The lowest BCUT2D eigenvalue weighted by Gasteiger charge is -2.25. The average molecular weight is 356 g/mol. The second kappa shape index (κ2) is 9.55. The van der Waals surface area contributed by atoms with Gasteiger partial charge in [-0.25, -0.2) is 0 Å². The molecule has 0 aromatic heterocycles. The minimum Gasteiger partial charge on any atom is -0.466 e. The molecular formula is C16H22BrNO3. The molecule has 21 heavy (non-hydrogen) atoms. The first-order chi connectivity index (χ1) is 10.1. The maximum Gasteiger partial charge on any atom is 0.305 e. The van der Waals surface area contributed by atoms with E-state index in [2.05, 4.69) is 27.8 Å². The van der Waals surface area contributed by atoms with Crippen LogP contribution in [0, 0.1) is 0 Å². The summed E-state index contributed by atoms with van der Waals surface area (Å²) in [6, 6.07) is 5.68. The lowest BCUT2D eigenvalue weighted by Crippen LogP contribution is -2.27. The van der Waals surface area contributed by atoms with E-state index in [-0.39, 0.29) is 5.97 Å². The largest absolute Gasteiger partial charge is 0.466 e. The van der Waals surface area contributed by atoms with Gasteiger partial charge in [0.25, 0.3) is 0 Å². The molecule has 1 aromatic rings. The first-order valence-corrected chi connectivity index (χ1v) is 8.07. The maximum atomic E-state index is 11.4. The third-order valence-electron chi connectivity index (χ3n) is 3.07. The number of carbonyl (C=O) groups excluding carboxylic acids is 2. The number of benzene rings is 1. The monoisotopic (exact) mass is 355 g/mol. The zero-order valence-corrected chi connectivity index (χ0v) is 14.2. The molecule has 0 aliphatic heterocycles. The Bertz CT molecular complexity index is 477. The second-order valence-electron chi connectivity index (χ2n) is 4.72. The predicted molar refractivity (Wildman–Crippen MR) is 87.9 cm³/mol. The lowest BCUT2D eigenvalue weighted by atomic mass is 10.1. The van der Waals surface area contributed by atoms with Gasteiger partial charge in [-0.3, -0.25) is 9.59 Å². The summed E-state index contributed by atoms with van der Waals surface area (Å²) in [5.74, 6) is -0.166. The van der Waals surface area contributed by atoms with E-state index in [1.165, 1.54) is 0 Å². The summed E-state index contributed by atoms with van der Waals surface area (Å²) in [6.07, 6.45) is 2.97. The van der Waals surface area contributed by atoms with Crippen LogP contribution >= 0.6 is 15.9 Å². The van der Waals surface area contributed by atoms with Gasteiger partial charge in [-0.05, 0) is 38.0 Å². The molecule has 0 aliphatic carbocycles. The Morgan fingerprint density at radius 1 is 1.33 bits per heavy atom. The third-order valence-corrected chi connectivity index (χ3v) is 3.56. The Morgan fingerprint density at radius 3 is 2.71 bits per heavy atom. The van der Waals surface area contributed by atoms with Crippen LogP contribution in [0.2, 0.25) is 0 Å². The van der Waals surface area contributed by atoms with Gasteiger partial charge in [0.1, 0.15) is 0 Å². The molecule has 0 fully saturated rings. The minimum atomic E-state index is -0.166. The summed E-state index contributed by atoms with van der Waals surface area (Å²) in [6.45, 7) is 5.90. The Labute approximate surface area is 134 Å². The summed E-state index contributed by atoms with van der Waals surface area (Å²) in [5.41, 5.74) is 1.58. The van der Waals surface area contributed by atoms with E-state index in [4.69, 9.17) is 4.74 Å². The van der Waals surface area contributed by atoms with Crippen LogP contribution in [0.15, 0.2) is 22.7 Å². The fourth-order valence-corrected chi connectivity index (χ4v) is 2.56. The van der Waals surface area contributed by atoms with Gasteiger partial charge in [0.05, 0.1) is 6.61 Å². The van der Waals surface area contributed by atoms with E-state index in [9.17, 15) is 9.59 Å². The minimum absolute atomic E-state index is 0.166. The molecule has 0 saturated carbocycles. The molecule has 0 aliphatic rings. The normalized spacial score (nSPS) is 10.2. The van der Waals surface area contributed by atoms with Gasteiger partial charge >= 0.3 is 5.97 Å². The van der Waals surface area contributed by atoms with E-state index < -0.39 is 0 Å². The van der Waals surface area contributed by atoms with Crippen molar-refractivity contribution in [1.82, 2.24) is 0 Å². The third kappa shape index (κ3) is 5.87. The summed E-state index contributed by atoms with van der Waals surface area (Å²) in [4.78, 5) is 24.8. The topological polar surface area (TPSA) is 46.6 Å². The molecule has 0 spiro atoms. The highest BCUT2D eigenvalue weighted by Gasteiger charge is 2.12. The van der Waals surface area contributed by atoms with Crippen LogP contribution in [0.1, 0.15) is 43.5 Å². The van der Waals surface area contributed by atoms with Crippen molar-refractivity contribution in [3.05, 3.63) is 28.2 Å². The Hall–Kier alpha value is -1.36. The molecule has 0 unspecified atom stereocenters. The van der Waals surface area contributed by atoms with Gasteiger partial charge in [0, 0.05) is 35.2 Å². The van der Waals surface area contributed by atoms with E-state index in [1.54, 1.807) is 6.92 Å². The molecular weight excluding hydrogens is 334 g/mol. The number of hydrogen-bond acceptors (Lipinski definition) is 4. The molecule has 0 amide bonds. The number of rotatable bonds is 9. The summed E-state index contributed by atoms with van der Waals surface area (Å²) < 4.78 is 5.82. The Kier molecular flexibility index (Phi) is 8.05. The molecule has 1 aromatic carbocycles. The van der Waals surface area contributed by atoms with Crippen LogP contribution in [-0.2, 0) is 9.53 Å². The van der Waals surface area contributed by atoms with Crippen LogP contribution in [0.4, 0.5) is 5.69 Å². The highest BCUT2D eigenvalue weighted by Crippen LogP contribution is 2.24. The molecule has 1 rings (SSSR count). The van der Waals surface area contributed by atoms with Crippen molar-refractivity contribution in [2.75, 3.05) is 24.6 Å². The molecule has 0 bridgehead atoms. The SMILES string of the molecule is CCCN(CCCC(=O)OCC)c1ccc(Br)cc1C=O. The Balaban J connectivity index is 2.73. The van der Waals surface area contributed by atoms with Gasteiger partial charge in [-0.2, -0.15) is 0 Å². The number of carbonyl (C=O) groups is 2. The van der Waals surface area contributed by atoms with Gasteiger partial charge in [-0.15, -0.1) is 0 Å². The van der Waals surface area contributed by atoms with E-state index in [1.807, 2.05) is 18.2 Å². The summed E-state index contributed by atoms with van der Waals surface area (Å²) in [7, 11) is 0.